The number of ether oxygens (including phenoxy) is 2. The molecule has 3 fully saturated rings. The summed E-state index contributed by atoms with van der Waals surface area (Å²) in [6.45, 7) is 5.13. The molecule has 16 heteroatoms. The summed E-state index contributed by atoms with van der Waals surface area (Å²) >= 11 is 6.35. The molecule has 3 amide bonds. The molecule has 0 bridgehead atoms. The monoisotopic (exact) mass is 689 g/mol. The number of hydrogen-bond acceptors (Lipinski definition) is 10. The number of carboxylic acids is 1. The van der Waals surface area contributed by atoms with Crippen LogP contribution in [0.5, 0.6) is 5.75 Å². The molecule has 15 nitrogen and oxygen atoms in total. The van der Waals surface area contributed by atoms with Gasteiger partial charge in [-0.2, -0.15) is 4.80 Å². The minimum Gasteiger partial charge on any atom is -0.490 e. The van der Waals surface area contributed by atoms with Gasteiger partial charge in [0.2, 0.25) is 17.6 Å². The number of amides is 3. The van der Waals surface area contributed by atoms with E-state index in [0.29, 0.717) is 42.0 Å². The predicted molar refractivity (Wildman–Crippen MR) is 172 cm³/mol. The average molecular weight is 690 g/mol. The van der Waals surface area contributed by atoms with E-state index in [-0.39, 0.29) is 37.9 Å². The van der Waals surface area contributed by atoms with Crippen LogP contribution >= 0.6 is 11.6 Å². The molecule has 3 aliphatic rings. The number of hydrogen-bond donors (Lipinski definition) is 4. The molecule has 3 heterocycles. The summed E-state index contributed by atoms with van der Waals surface area (Å²) in [7, 11) is 0. The van der Waals surface area contributed by atoms with Gasteiger partial charge in [0.15, 0.2) is 0 Å². The number of aromatic nitrogens is 4. The quantitative estimate of drug-likeness (QED) is 0.333. The van der Waals surface area contributed by atoms with Gasteiger partial charge in [0.05, 0.1) is 17.7 Å². The molecule has 0 radical (unpaired) electrons. The molecule has 1 aliphatic carbocycles. The Hall–Kier alpha value is -3.98. The molecular weight excluding hydrogens is 646 g/mol. The highest BCUT2D eigenvalue weighted by atomic mass is 35.5. The first-order valence-electron chi connectivity index (χ1n) is 16.5. The number of rotatable bonds is 7. The third-order valence-electron chi connectivity index (χ3n) is 9.03. The Morgan fingerprint density at radius 2 is 1.88 bits per heavy atom. The van der Waals surface area contributed by atoms with Gasteiger partial charge in [0, 0.05) is 18.5 Å². The number of nitrogens with zero attached hydrogens (tertiary/aromatic N) is 5. The average Bonchev–Trinajstić information content (AvgIpc) is 3.32. The summed E-state index contributed by atoms with van der Waals surface area (Å²) in [5.41, 5.74) is -1.61. The van der Waals surface area contributed by atoms with Crippen molar-refractivity contribution in [1.82, 2.24) is 35.7 Å². The summed E-state index contributed by atoms with van der Waals surface area (Å²) in [4.78, 5) is 56.1. The smallest absolute Gasteiger partial charge is 0.408 e. The lowest BCUT2D eigenvalue weighted by atomic mass is 10.0. The van der Waals surface area contributed by atoms with Crippen molar-refractivity contribution in [2.75, 3.05) is 19.8 Å². The van der Waals surface area contributed by atoms with E-state index in [1.165, 1.54) is 9.70 Å². The summed E-state index contributed by atoms with van der Waals surface area (Å²) < 4.78 is 10.9. The molecule has 5 rings (SSSR count). The molecule has 48 heavy (non-hydrogen) atoms. The third-order valence-corrected chi connectivity index (χ3v) is 9.32. The van der Waals surface area contributed by atoms with E-state index in [1.54, 1.807) is 39.0 Å². The van der Waals surface area contributed by atoms with E-state index in [9.17, 15) is 24.3 Å². The first-order chi connectivity index (χ1) is 22.8. The van der Waals surface area contributed by atoms with Gasteiger partial charge in [-0.25, -0.2) is 9.59 Å². The number of nitrogens with one attached hydrogen (secondary N) is 2. The van der Waals surface area contributed by atoms with Crippen LogP contribution in [0.4, 0.5) is 4.79 Å². The number of carboxylic acid groups (broad SMARTS) is 1. The number of alkyl carbamates (subject to hydrolysis) is 1. The maximum atomic E-state index is 14.2. The second kappa shape index (κ2) is 14.6. The van der Waals surface area contributed by atoms with Crippen molar-refractivity contribution in [3.8, 4) is 17.1 Å². The highest BCUT2D eigenvalue weighted by Gasteiger charge is 2.62. The van der Waals surface area contributed by atoms with E-state index < -0.39 is 53.1 Å². The Bertz CT molecular complexity index is 1510. The number of carbonyl (C=O) groups is 4. The Morgan fingerprint density at radius 3 is 2.56 bits per heavy atom. The van der Waals surface area contributed by atoms with E-state index in [2.05, 4.69) is 26.0 Å². The Kier molecular flexibility index (Phi) is 10.8. The van der Waals surface area contributed by atoms with Crippen LogP contribution < -0.4 is 15.4 Å². The number of fused-ring (bicyclic) bond motifs is 2. The van der Waals surface area contributed by atoms with Crippen LogP contribution in [0, 0.1) is 5.92 Å². The zero-order valence-corrected chi connectivity index (χ0v) is 28.2. The molecule has 1 aromatic heterocycles. The number of carbonyl (C=O) groups excluding carboxylic acids is 3. The van der Waals surface area contributed by atoms with Gasteiger partial charge in [-0.15, -0.1) is 10.2 Å². The zero-order valence-electron chi connectivity index (χ0n) is 27.5. The van der Waals surface area contributed by atoms with Crippen LogP contribution in [0.15, 0.2) is 18.2 Å². The highest BCUT2D eigenvalue weighted by Crippen LogP contribution is 2.47. The molecule has 2 aliphatic heterocycles. The fraction of sp³-hybridized carbons (Fsp3) is 0.656. The maximum absolute atomic E-state index is 14.2. The number of aliphatic hydroxyl groups excluding tert-OH is 1. The van der Waals surface area contributed by atoms with Gasteiger partial charge in [-0.3, -0.25) is 9.59 Å². The normalized spacial score (nSPS) is 26.7. The molecule has 2 saturated heterocycles. The first-order valence-corrected chi connectivity index (χ1v) is 16.9. The largest absolute Gasteiger partial charge is 0.490 e. The van der Waals surface area contributed by atoms with E-state index in [0.717, 1.165) is 25.7 Å². The van der Waals surface area contributed by atoms with Crippen molar-refractivity contribution < 1.29 is 38.9 Å². The molecular formula is C32H44ClN7O8. The number of halogens is 1. The molecule has 1 unspecified atom stereocenters. The van der Waals surface area contributed by atoms with Crippen LogP contribution in [0.3, 0.4) is 0 Å². The van der Waals surface area contributed by atoms with Gasteiger partial charge < -0.3 is 35.2 Å². The van der Waals surface area contributed by atoms with Gasteiger partial charge in [-0.1, -0.05) is 43.7 Å². The van der Waals surface area contributed by atoms with Crippen molar-refractivity contribution in [3.63, 3.8) is 0 Å². The van der Waals surface area contributed by atoms with Crippen molar-refractivity contribution in [1.29, 1.82) is 0 Å². The van der Waals surface area contributed by atoms with Crippen LogP contribution in [-0.2, 0) is 19.1 Å². The predicted octanol–water partition coefficient (Wildman–Crippen LogP) is 3.10. The van der Waals surface area contributed by atoms with Crippen LogP contribution in [-0.4, -0.2) is 102 Å². The summed E-state index contributed by atoms with van der Waals surface area (Å²) in [6, 6.07) is 2.35. The van der Waals surface area contributed by atoms with E-state index in [4.69, 9.17) is 26.2 Å². The minimum atomic E-state index is -1.37. The molecule has 1 saturated carbocycles. The topological polar surface area (TPSA) is 198 Å². The fourth-order valence-electron chi connectivity index (χ4n) is 6.51. The molecule has 2 aromatic rings. The van der Waals surface area contributed by atoms with Crippen molar-refractivity contribution in [2.45, 2.75) is 108 Å². The van der Waals surface area contributed by atoms with Crippen LogP contribution in [0.25, 0.3) is 11.4 Å². The second-order valence-electron chi connectivity index (χ2n) is 13.8. The number of tetrazole rings is 1. The van der Waals surface area contributed by atoms with Crippen molar-refractivity contribution >= 4 is 35.5 Å². The molecule has 0 spiro atoms. The SMILES string of the molecule is CC(C)(C)OC(=O)N[C@@H]1CCCCCCC[C@@H]2C[C@]2(C(=O)O)NC(=O)[C@@H]2CC(n3nnc(-c4ccc(OCCO)c(Cl)c4)n3)CN2C1=O. The Labute approximate surface area is 283 Å². The number of aliphatic carboxylic acids is 1. The lowest BCUT2D eigenvalue weighted by Crippen LogP contribution is -2.56. The van der Waals surface area contributed by atoms with Gasteiger partial charge >= 0.3 is 12.1 Å². The van der Waals surface area contributed by atoms with Gasteiger partial charge in [0.1, 0.15) is 35.6 Å². The van der Waals surface area contributed by atoms with Crippen molar-refractivity contribution in [2.24, 2.45) is 5.92 Å². The summed E-state index contributed by atoms with van der Waals surface area (Å²) in [5, 5.41) is 37.9. The first kappa shape index (κ1) is 35.3. The molecule has 4 N–H and O–H groups in total. The zero-order chi connectivity index (χ0) is 34.6. The fourth-order valence-corrected chi connectivity index (χ4v) is 6.74. The van der Waals surface area contributed by atoms with Crippen molar-refractivity contribution in [3.05, 3.63) is 23.2 Å². The number of aliphatic hydroxyl groups is 1. The number of benzene rings is 1. The second-order valence-corrected chi connectivity index (χ2v) is 14.2. The van der Waals surface area contributed by atoms with Gasteiger partial charge in [0.25, 0.3) is 0 Å². The van der Waals surface area contributed by atoms with E-state index >= 15 is 0 Å². The van der Waals surface area contributed by atoms with Crippen LogP contribution in [0.2, 0.25) is 5.02 Å². The molecule has 262 valence electrons. The Balaban J connectivity index is 1.42. The molecule has 1 aromatic carbocycles. The van der Waals surface area contributed by atoms with Crippen LogP contribution in [0.1, 0.15) is 84.6 Å². The summed E-state index contributed by atoms with van der Waals surface area (Å²) in [5.74, 6) is -1.68. The minimum absolute atomic E-state index is 0.0252. The standard InChI is InChI=1S/C32H44ClN7O8/c1-31(2,3)48-30(46)34-23-10-8-6-4-5-7-9-20-17-32(20,29(44)45)35-27(42)24-16-21(18-39(24)28(23)43)40-37-26(36-38-40)19-11-12-25(22(33)15-19)47-14-13-41/h11-12,15,20-21,23-24,41H,4-10,13-14,16-18H2,1-3H3,(H,34,46)(H,35,42)(H,44,45)/t20-,21?,23-,24+,32+/m1/s1. The highest BCUT2D eigenvalue weighted by molar-refractivity contribution is 6.32. The molecule has 5 atom stereocenters. The summed E-state index contributed by atoms with van der Waals surface area (Å²) in [6.07, 6.45) is 4.90. The third kappa shape index (κ3) is 8.17. The Morgan fingerprint density at radius 1 is 1.15 bits per heavy atom. The lowest BCUT2D eigenvalue weighted by Gasteiger charge is -2.30. The maximum Gasteiger partial charge on any atom is 0.408 e. The van der Waals surface area contributed by atoms with Gasteiger partial charge in [-0.05, 0) is 69.4 Å². The lowest BCUT2D eigenvalue weighted by molar-refractivity contribution is -0.146. The van der Waals surface area contributed by atoms with E-state index in [1.807, 2.05) is 0 Å².